The van der Waals surface area contributed by atoms with E-state index < -0.39 is 0 Å². The van der Waals surface area contributed by atoms with E-state index in [4.69, 9.17) is 0 Å². The van der Waals surface area contributed by atoms with E-state index >= 15 is 0 Å². The van der Waals surface area contributed by atoms with Crippen LogP contribution in [0.2, 0.25) is 0 Å². The van der Waals surface area contributed by atoms with Crippen molar-refractivity contribution in [1.29, 1.82) is 0 Å². The van der Waals surface area contributed by atoms with E-state index in [-0.39, 0.29) is 17.4 Å². The number of benzene rings is 1. The third kappa shape index (κ3) is 3.41. The molecule has 3 heteroatoms. The highest BCUT2D eigenvalue weighted by Gasteiger charge is 2.22. The largest absolute Gasteiger partial charge is 0.374 e. The molecule has 1 fully saturated rings. The Bertz CT molecular complexity index is 497. The van der Waals surface area contributed by atoms with Crippen molar-refractivity contribution in [2.45, 2.75) is 45.1 Å². The van der Waals surface area contributed by atoms with Gasteiger partial charge in [0.15, 0.2) is 0 Å². The summed E-state index contributed by atoms with van der Waals surface area (Å²) in [6.07, 6.45) is 1.88. The smallest absolute Gasteiger partial charge is 0.242 e. The van der Waals surface area contributed by atoms with Crippen molar-refractivity contribution in [1.82, 2.24) is 10.6 Å². The molecule has 1 unspecified atom stereocenters. The maximum Gasteiger partial charge on any atom is 0.242 e. The molecule has 2 N–H and O–H groups in total. The van der Waals surface area contributed by atoms with Crippen LogP contribution in [-0.2, 0) is 10.2 Å². The SMILES string of the molecule is C=C(NC1CCCNC1=O)c1ccc(C(C)(C)C)cc1. The van der Waals surface area contributed by atoms with Gasteiger partial charge in [0.2, 0.25) is 5.91 Å². The molecule has 1 aromatic rings. The van der Waals surface area contributed by atoms with Crippen molar-refractivity contribution in [2.24, 2.45) is 0 Å². The number of carbonyl (C=O) groups is 1. The molecule has 1 atom stereocenters. The van der Waals surface area contributed by atoms with Crippen molar-refractivity contribution in [2.75, 3.05) is 6.54 Å². The van der Waals surface area contributed by atoms with Crippen molar-refractivity contribution in [3.8, 4) is 0 Å². The van der Waals surface area contributed by atoms with Gasteiger partial charge in [-0.05, 0) is 29.4 Å². The molecule has 1 saturated heterocycles. The van der Waals surface area contributed by atoms with E-state index in [1.54, 1.807) is 0 Å². The van der Waals surface area contributed by atoms with Crippen LogP contribution in [0.25, 0.3) is 5.70 Å². The minimum Gasteiger partial charge on any atom is -0.374 e. The second-order valence-electron chi connectivity index (χ2n) is 6.44. The molecule has 108 valence electrons. The Kier molecular flexibility index (Phi) is 4.17. The van der Waals surface area contributed by atoms with Gasteiger partial charge in [-0.2, -0.15) is 0 Å². The van der Waals surface area contributed by atoms with E-state index in [9.17, 15) is 4.79 Å². The molecule has 1 heterocycles. The Hall–Kier alpha value is -1.77. The summed E-state index contributed by atoms with van der Waals surface area (Å²) in [4.78, 5) is 11.7. The van der Waals surface area contributed by atoms with Crippen LogP contribution in [-0.4, -0.2) is 18.5 Å². The van der Waals surface area contributed by atoms with Crippen LogP contribution in [0.5, 0.6) is 0 Å². The summed E-state index contributed by atoms with van der Waals surface area (Å²) < 4.78 is 0. The van der Waals surface area contributed by atoms with Gasteiger partial charge in [-0.3, -0.25) is 4.79 Å². The van der Waals surface area contributed by atoms with Crippen LogP contribution >= 0.6 is 0 Å². The predicted molar refractivity (Wildman–Crippen MR) is 83.3 cm³/mol. The van der Waals surface area contributed by atoms with Gasteiger partial charge in [-0.25, -0.2) is 0 Å². The average molecular weight is 272 g/mol. The van der Waals surface area contributed by atoms with Crippen LogP contribution < -0.4 is 10.6 Å². The first-order valence-corrected chi connectivity index (χ1v) is 7.22. The minimum absolute atomic E-state index is 0.0729. The number of hydrogen-bond acceptors (Lipinski definition) is 2. The lowest BCUT2D eigenvalue weighted by atomic mass is 9.86. The fourth-order valence-electron chi connectivity index (χ4n) is 2.37. The lowest BCUT2D eigenvalue weighted by molar-refractivity contribution is -0.124. The van der Waals surface area contributed by atoms with Gasteiger partial charge in [0.25, 0.3) is 0 Å². The Morgan fingerprint density at radius 1 is 1.30 bits per heavy atom. The van der Waals surface area contributed by atoms with Crippen molar-refractivity contribution in [3.63, 3.8) is 0 Å². The van der Waals surface area contributed by atoms with Crippen molar-refractivity contribution in [3.05, 3.63) is 42.0 Å². The van der Waals surface area contributed by atoms with Crippen LogP contribution in [0.3, 0.4) is 0 Å². The van der Waals surface area contributed by atoms with Crippen molar-refractivity contribution >= 4 is 11.6 Å². The molecule has 3 nitrogen and oxygen atoms in total. The molecule has 1 aliphatic heterocycles. The summed E-state index contributed by atoms with van der Waals surface area (Å²) in [6.45, 7) is 11.4. The van der Waals surface area contributed by atoms with Gasteiger partial charge >= 0.3 is 0 Å². The number of amides is 1. The highest BCUT2D eigenvalue weighted by molar-refractivity contribution is 5.84. The average Bonchev–Trinajstić information content (AvgIpc) is 2.40. The fourth-order valence-corrected chi connectivity index (χ4v) is 2.37. The molecule has 0 spiro atoms. The quantitative estimate of drug-likeness (QED) is 0.888. The Labute approximate surface area is 121 Å². The lowest BCUT2D eigenvalue weighted by Crippen LogP contribution is -2.47. The van der Waals surface area contributed by atoms with E-state index in [0.29, 0.717) is 0 Å². The highest BCUT2D eigenvalue weighted by atomic mass is 16.2. The Morgan fingerprint density at radius 3 is 2.50 bits per heavy atom. The molecular formula is C17H24N2O. The molecule has 0 radical (unpaired) electrons. The lowest BCUT2D eigenvalue weighted by Gasteiger charge is -2.25. The molecule has 2 rings (SSSR count). The summed E-state index contributed by atoms with van der Waals surface area (Å²) in [5.74, 6) is 0.0729. The highest BCUT2D eigenvalue weighted by Crippen LogP contribution is 2.23. The Balaban J connectivity index is 2.04. The standard InChI is InChI=1S/C17H24N2O/c1-12(19-15-6-5-11-18-16(15)20)13-7-9-14(10-8-13)17(2,3)4/h7-10,15,19H,1,5-6,11H2,2-4H3,(H,18,20). The van der Waals surface area contributed by atoms with Crippen LogP contribution in [0.1, 0.15) is 44.7 Å². The number of hydrogen-bond donors (Lipinski definition) is 2. The second-order valence-corrected chi connectivity index (χ2v) is 6.44. The Morgan fingerprint density at radius 2 is 1.95 bits per heavy atom. The predicted octanol–water partition coefficient (Wildman–Crippen LogP) is 2.82. The molecule has 0 aliphatic carbocycles. The molecular weight excluding hydrogens is 248 g/mol. The fraction of sp³-hybridized carbons (Fsp3) is 0.471. The van der Waals surface area contributed by atoms with Crippen molar-refractivity contribution < 1.29 is 4.79 Å². The summed E-state index contributed by atoms with van der Waals surface area (Å²) in [7, 11) is 0. The number of nitrogens with one attached hydrogen (secondary N) is 2. The molecule has 0 saturated carbocycles. The topological polar surface area (TPSA) is 41.1 Å². The maximum atomic E-state index is 11.7. The van der Waals surface area contributed by atoms with E-state index in [1.165, 1.54) is 5.56 Å². The summed E-state index contributed by atoms with van der Waals surface area (Å²) in [5.41, 5.74) is 3.30. The first-order valence-electron chi connectivity index (χ1n) is 7.22. The molecule has 20 heavy (non-hydrogen) atoms. The third-order valence-corrected chi connectivity index (χ3v) is 3.73. The summed E-state index contributed by atoms with van der Waals surface area (Å²) in [5, 5.41) is 6.11. The van der Waals surface area contributed by atoms with Gasteiger partial charge in [-0.15, -0.1) is 0 Å². The summed E-state index contributed by atoms with van der Waals surface area (Å²) in [6, 6.07) is 8.23. The molecule has 1 amide bonds. The zero-order valence-electron chi connectivity index (χ0n) is 12.6. The van der Waals surface area contributed by atoms with Gasteiger partial charge in [0, 0.05) is 12.2 Å². The molecule has 0 aromatic heterocycles. The first kappa shape index (κ1) is 14.6. The maximum absolute atomic E-state index is 11.7. The molecule has 1 aromatic carbocycles. The first-order chi connectivity index (χ1) is 9.38. The van der Waals surface area contributed by atoms with Gasteiger partial charge in [0.1, 0.15) is 6.04 Å². The monoisotopic (exact) mass is 272 g/mol. The van der Waals surface area contributed by atoms with Crippen LogP contribution in [0.4, 0.5) is 0 Å². The zero-order valence-corrected chi connectivity index (χ0v) is 12.6. The van der Waals surface area contributed by atoms with Gasteiger partial charge < -0.3 is 10.6 Å². The van der Waals surface area contributed by atoms with E-state index in [2.05, 4.69) is 62.2 Å². The van der Waals surface area contributed by atoms with Crippen LogP contribution in [0, 0.1) is 0 Å². The second kappa shape index (κ2) is 5.70. The molecule has 0 bridgehead atoms. The van der Waals surface area contributed by atoms with E-state index in [0.717, 1.165) is 30.6 Å². The normalized spacial score (nSPS) is 19.4. The summed E-state index contributed by atoms with van der Waals surface area (Å²) >= 11 is 0. The minimum atomic E-state index is -0.154. The van der Waals surface area contributed by atoms with E-state index in [1.807, 2.05) is 0 Å². The number of rotatable bonds is 3. The number of carbonyl (C=O) groups excluding carboxylic acids is 1. The van der Waals surface area contributed by atoms with Gasteiger partial charge in [0.05, 0.1) is 0 Å². The molecule has 1 aliphatic rings. The van der Waals surface area contributed by atoms with Gasteiger partial charge in [-0.1, -0.05) is 51.6 Å². The number of piperidine rings is 1. The van der Waals surface area contributed by atoms with Crippen LogP contribution in [0.15, 0.2) is 30.8 Å². The third-order valence-electron chi connectivity index (χ3n) is 3.73. The zero-order chi connectivity index (χ0) is 14.8.